The van der Waals surface area contributed by atoms with E-state index in [0.717, 1.165) is 42.0 Å². The topological polar surface area (TPSA) is 51.2 Å². The Bertz CT molecular complexity index is 1120. The van der Waals surface area contributed by atoms with Crippen LogP contribution >= 0.6 is 23.8 Å². The number of nitrogens with one attached hydrogen (secondary N) is 1. The predicted octanol–water partition coefficient (Wildman–Crippen LogP) is 3.52. The van der Waals surface area contributed by atoms with Crippen LogP contribution < -0.4 is 10.2 Å². The predicted molar refractivity (Wildman–Crippen MR) is 137 cm³/mol. The van der Waals surface area contributed by atoms with Crippen molar-refractivity contribution in [3.05, 3.63) is 64.7 Å². The summed E-state index contributed by atoms with van der Waals surface area (Å²) in [5.74, 6) is -0.153. The van der Waals surface area contributed by atoms with Crippen LogP contribution in [0.25, 0.3) is 0 Å². The van der Waals surface area contributed by atoms with Crippen molar-refractivity contribution < 1.29 is 4.79 Å². The molecule has 2 fully saturated rings. The molecule has 3 unspecified atom stereocenters. The summed E-state index contributed by atoms with van der Waals surface area (Å²) in [6.07, 6.45) is 0.297. The van der Waals surface area contributed by atoms with Gasteiger partial charge in [-0.05, 0) is 50.7 Å². The Labute approximate surface area is 205 Å². The highest BCUT2D eigenvalue weighted by atomic mass is 35.5. The van der Waals surface area contributed by atoms with Gasteiger partial charge in [-0.15, -0.1) is 0 Å². The van der Waals surface area contributed by atoms with Crippen LogP contribution in [0.1, 0.15) is 31.4 Å². The Morgan fingerprint density at radius 3 is 2.58 bits per heavy atom. The minimum atomic E-state index is -0.816. The van der Waals surface area contributed by atoms with Crippen molar-refractivity contribution in [1.29, 1.82) is 0 Å². The van der Waals surface area contributed by atoms with Crippen LogP contribution in [0.15, 0.2) is 53.5 Å². The number of carbonyl (C=O) groups excluding carboxylic acids is 1. The summed E-state index contributed by atoms with van der Waals surface area (Å²) in [7, 11) is 1.77. The van der Waals surface area contributed by atoms with Crippen LogP contribution in [0.2, 0.25) is 5.02 Å². The molecule has 5 rings (SSSR count). The molecule has 8 heteroatoms. The van der Waals surface area contributed by atoms with Crippen molar-refractivity contribution in [3.63, 3.8) is 0 Å². The number of nitrogens with zero attached hydrogens (tertiary/aromatic N) is 4. The number of halogens is 1. The fraction of sp³-hybridized carbons (Fsp3) is 0.400. The molecule has 0 aliphatic carbocycles. The van der Waals surface area contributed by atoms with Gasteiger partial charge in [-0.25, -0.2) is 4.99 Å². The first kappa shape index (κ1) is 22.3. The zero-order chi connectivity index (χ0) is 23.3. The molecule has 33 heavy (non-hydrogen) atoms. The summed E-state index contributed by atoms with van der Waals surface area (Å²) in [6, 6.07) is 16.8. The van der Waals surface area contributed by atoms with Crippen molar-refractivity contribution >= 4 is 46.2 Å². The lowest BCUT2D eigenvalue weighted by Gasteiger charge is -2.38. The Morgan fingerprint density at radius 1 is 1.15 bits per heavy atom. The van der Waals surface area contributed by atoms with Crippen LogP contribution in [-0.4, -0.2) is 71.0 Å². The van der Waals surface area contributed by atoms with Crippen molar-refractivity contribution in [1.82, 2.24) is 15.1 Å². The van der Waals surface area contributed by atoms with Gasteiger partial charge in [-0.2, -0.15) is 0 Å². The Morgan fingerprint density at radius 2 is 1.91 bits per heavy atom. The normalized spacial score (nSPS) is 24.7. The Kier molecular flexibility index (Phi) is 5.89. The van der Waals surface area contributed by atoms with Crippen molar-refractivity contribution in [3.8, 4) is 0 Å². The molecule has 3 heterocycles. The number of benzene rings is 2. The molecular formula is C25H28ClN5OS. The number of carbonyl (C=O) groups is 1. The number of hydrogen-bond acceptors (Lipinski definition) is 4. The lowest BCUT2D eigenvalue weighted by Crippen LogP contribution is -2.56. The SMILES string of the molecule is CC(C)N1CC2CC1CN2C(=S)NC1N=C(c2ccccc2)c2cc(Cl)ccc2N(C)C1=O. The first-order valence-corrected chi connectivity index (χ1v) is 12.2. The molecule has 2 bridgehead atoms. The van der Waals surface area contributed by atoms with Crippen LogP contribution in [-0.2, 0) is 4.79 Å². The molecule has 0 spiro atoms. The van der Waals surface area contributed by atoms with Gasteiger partial charge in [0.1, 0.15) is 0 Å². The summed E-state index contributed by atoms with van der Waals surface area (Å²) in [4.78, 5) is 24.8. The van der Waals surface area contributed by atoms with Crippen molar-refractivity contribution in [2.45, 2.75) is 44.6 Å². The van der Waals surface area contributed by atoms with E-state index < -0.39 is 6.17 Å². The van der Waals surface area contributed by atoms with Gasteiger partial charge in [0.15, 0.2) is 5.11 Å². The summed E-state index contributed by atoms with van der Waals surface area (Å²) in [5.41, 5.74) is 3.25. The van der Waals surface area contributed by atoms with E-state index in [1.165, 1.54) is 0 Å². The zero-order valence-corrected chi connectivity index (χ0v) is 20.6. The lowest BCUT2D eigenvalue weighted by molar-refractivity contribution is -0.119. The van der Waals surface area contributed by atoms with Crippen LogP contribution in [0.3, 0.4) is 0 Å². The van der Waals surface area contributed by atoms with Gasteiger partial charge < -0.3 is 15.1 Å². The molecule has 0 saturated carbocycles. The highest BCUT2D eigenvalue weighted by Crippen LogP contribution is 2.33. The number of likely N-dealkylation sites (tertiary alicyclic amines) is 2. The molecule has 1 amide bonds. The van der Waals surface area contributed by atoms with Gasteiger partial charge in [-0.3, -0.25) is 9.69 Å². The van der Waals surface area contributed by atoms with E-state index in [1.807, 2.05) is 42.5 Å². The van der Waals surface area contributed by atoms with Gasteiger partial charge in [0.2, 0.25) is 6.17 Å². The number of aliphatic imine (C=N–C) groups is 1. The minimum Gasteiger partial charge on any atom is -0.343 e. The quantitative estimate of drug-likeness (QED) is 0.680. The van der Waals surface area contributed by atoms with Gasteiger partial charge in [0.05, 0.1) is 11.4 Å². The molecule has 172 valence electrons. The molecule has 2 saturated heterocycles. The van der Waals surface area contributed by atoms with E-state index in [-0.39, 0.29) is 5.91 Å². The van der Waals surface area contributed by atoms with Crippen LogP contribution in [0, 0.1) is 0 Å². The monoisotopic (exact) mass is 481 g/mol. The van der Waals surface area contributed by atoms with Gasteiger partial charge in [0, 0.05) is 54.4 Å². The molecule has 6 nitrogen and oxygen atoms in total. The molecule has 3 atom stereocenters. The average molecular weight is 482 g/mol. The van der Waals surface area contributed by atoms with E-state index in [0.29, 0.717) is 28.3 Å². The van der Waals surface area contributed by atoms with Crippen LogP contribution in [0.5, 0.6) is 0 Å². The standard InChI is InChI=1S/C25H28ClN5OS/c1-15(2)30-13-19-12-18(30)14-31(19)25(33)28-23-24(32)29(3)21-10-9-17(26)11-20(21)22(27-23)16-7-5-4-6-8-16/h4-11,15,18-19,23H,12-14H2,1-3H3,(H,28,33). The second-order valence-electron chi connectivity index (χ2n) is 9.24. The smallest absolute Gasteiger partial charge is 0.272 e. The summed E-state index contributed by atoms with van der Waals surface area (Å²) < 4.78 is 0. The second kappa shape index (κ2) is 8.70. The van der Waals surface area contributed by atoms with E-state index in [9.17, 15) is 4.79 Å². The number of thiocarbonyl (C=S) groups is 1. The van der Waals surface area contributed by atoms with Crippen LogP contribution in [0.4, 0.5) is 5.69 Å². The highest BCUT2D eigenvalue weighted by Gasteiger charge is 2.45. The summed E-state index contributed by atoms with van der Waals surface area (Å²) in [5, 5.41) is 4.48. The second-order valence-corrected chi connectivity index (χ2v) is 10.1. The summed E-state index contributed by atoms with van der Waals surface area (Å²) in [6.45, 7) is 6.37. The lowest BCUT2D eigenvalue weighted by atomic mass is 10.0. The molecule has 2 aromatic rings. The maximum atomic E-state index is 13.5. The first-order valence-electron chi connectivity index (χ1n) is 11.4. The molecule has 3 aliphatic heterocycles. The minimum absolute atomic E-state index is 0.153. The van der Waals surface area contributed by atoms with E-state index >= 15 is 0 Å². The number of anilines is 1. The maximum Gasteiger partial charge on any atom is 0.272 e. The van der Waals surface area contributed by atoms with Gasteiger partial charge in [0.25, 0.3) is 5.91 Å². The van der Waals surface area contributed by atoms with E-state index in [1.54, 1.807) is 18.0 Å². The fourth-order valence-electron chi connectivity index (χ4n) is 5.25. The highest BCUT2D eigenvalue weighted by molar-refractivity contribution is 7.80. The Balaban J connectivity index is 1.46. The molecule has 2 aromatic carbocycles. The number of rotatable bonds is 3. The average Bonchev–Trinajstić information content (AvgIpc) is 3.40. The zero-order valence-electron chi connectivity index (χ0n) is 19.0. The fourth-order valence-corrected chi connectivity index (χ4v) is 5.75. The number of amides is 1. The maximum absolute atomic E-state index is 13.5. The molecule has 0 aromatic heterocycles. The third-order valence-electron chi connectivity index (χ3n) is 6.91. The molecular weight excluding hydrogens is 454 g/mol. The number of benzodiazepines with no additional fused rings is 1. The van der Waals surface area contributed by atoms with Gasteiger partial charge in [-0.1, -0.05) is 41.9 Å². The third-order valence-corrected chi connectivity index (χ3v) is 7.50. The Hall–Kier alpha value is -2.48. The van der Waals surface area contributed by atoms with Crippen molar-refractivity contribution in [2.24, 2.45) is 4.99 Å². The van der Waals surface area contributed by atoms with E-state index in [4.69, 9.17) is 28.8 Å². The van der Waals surface area contributed by atoms with E-state index in [2.05, 4.69) is 29.0 Å². The number of likely N-dealkylation sites (N-methyl/N-ethyl adjacent to an activating group) is 1. The molecule has 1 N–H and O–H groups in total. The molecule has 0 radical (unpaired) electrons. The van der Waals surface area contributed by atoms with Gasteiger partial charge >= 0.3 is 0 Å². The number of piperazine rings is 1. The third kappa shape index (κ3) is 4.03. The largest absolute Gasteiger partial charge is 0.343 e. The van der Waals surface area contributed by atoms with Crippen molar-refractivity contribution in [2.75, 3.05) is 25.0 Å². The first-order chi connectivity index (χ1) is 15.8. The summed E-state index contributed by atoms with van der Waals surface area (Å²) >= 11 is 12.1. The number of fused-ring (bicyclic) bond motifs is 3. The molecule has 3 aliphatic rings. The number of hydrogen-bond donors (Lipinski definition) is 1.